The molecule has 1 atom stereocenters. The largest absolute Gasteiger partial charge is 0.481 e. The van der Waals surface area contributed by atoms with Crippen molar-refractivity contribution in [1.82, 2.24) is 9.88 Å². The molecule has 0 bridgehead atoms. The molecule has 0 aliphatic carbocycles. The Morgan fingerprint density at radius 3 is 2.77 bits per heavy atom. The summed E-state index contributed by atoms with van der Waals surface area (Å²) in [7, 11) is 4.73. The molecule has 1 unspecified atom stereocenters. The highest BCUT2D eigenvalue weighted by atomic mass is 16.5. The van der Waals surface area contributed by atoms with Gasteiger partial charge >= 0.3 is 0 Å². The van der Waals surface area contributed by atoms with E-state index in [1.165, 1.54) is 14.2 Å². The molecule has 22 heavy (non-hydrogen) atoms. The molecule has 1 aromatic rings. The van der Waals surface area contributed by atoms with Crippen LogP contribution >= 0.6 is 0 Å². The summed E-state index contributed by atoms with van der Waals surface area (Å²) in [6.07, 6.45) is 4.05. The lowest BCUT2D eigenvalue weighted by atomic mass is 9.98. The fourth-order valence-corrected chi connectivity index (χ4v) is 2.83. The molecule has 1 aliphatic heterocycles. The summed E-state index contributed by atoms with van der Waals surface area (Å²) in [5.74, 6) is 0.705. The lowest BCUT2D eigenvalue weighted by Gasteiger charge is -2.36. The molecule has 0 spiro atoms. The van der Waals surface area contributed by atoms with E-state index < -0.39 is 0 Å². The zero-order valence-electron chi connectivity index (χ0n) is 13.5. The zero-order chi connectivity index (χ0) is 15.9. The third kappa shape index (κ3) is 3.68. The minimum absolute atomic E-state index is 0.0344. The molecule has 0 N–H and O–H groups in total. The normalized spacial score (nSPS) is 18.1. The number of rotatable bonds is 6. The second-order valence-corrected chi connectivity index (χ2v) is 5.34. The first-order valence-corrected chi connectivity index (χ1v) is 7.60. The van der Waals surface area contributed by atoms with Crippen LogP contribution in [0.25, 0.3) is 0 Å². The number of ether oxygens (including phenoxy) is 3. The van der Waals surface area contributed by atoms with Crippen LogP contribution in [0.5, 0.6) is 11.8 Å². The van der Waals surface area contributed by atoms with Crippen molar-refractivity contribution in [3.05, 3.63) is 17.7 Å². The highest BCUT2D eigenvalue weighted by molar-refractivity contribution is 5.96. The van der Waals surface area contributed by atoms with E-state index in [1.807, 2.05) is 4.90 Å². The van der Waals surface area contributed by atoms with Gasteiger partial charge in [-0.05, 0) is 31.7 Å². The predicted octanol–water partition coefficient (Wildman–Crippen LogP) is 2.13. The molecule has 122 valence electrons. The summed E-state index contributed by atoms with van der Waals surface area (Å²) in [5.41, 5.74) is 0.479. The summed E-state index contributed by atoms with van der Waals surface area (Å²) < 4.78 is 15.5. The number of carbonyl (C=O) groups excluding carboxylic acids is 1. The monoisotopic (exact) mass is 308 g/mol. The van der Waals surface area contributed by atoms with Gasteiger partial charge in [-0.25, -0.2) is 0 Å². The quantitative estimate of drug-likeness (QED) is 0.805. The molecule has 1 aromatic heterocycles. The summed E-state index contributed by atoms with van der Waals surface area (Å²) >= 11 is 0. The number of amides is 1. The summed E-state index contributed by atoms with van der Waals surface area (Å²) in [6, 6.07) is 3.62. The average molecular weight is 308 g/mol. The Morgan fingerprint density at radius 1 is 1.27 bits per heavy atom. The molecule has 0 aromatic carbocycles. The Hall–Kier alpha value is -1.82. The Kier molecular flexibility index (Phi) is 6.00. The van der Waals surface area contributed by atoms with Crippen LogP contribution in [-0.2, 0) is 4.74 Å². The second kappa shape index (κ2) is 7.98. The number of aromatic nitrogens is 1. The first kappa shape index (κ1) is 16.5. The molecule has 1 fully saturated rings. The number of likely N-dealkylation sites (tertiary alicyclic amines) is 1. The van der Waals surface area contributed by atoms with E-state index in [0.29, 0.717) is 23.9 Å². The predicted molar refractivity (Wildman–Crippen MR) is 82.5 cm³/mol. The number of methoxy groups -OCH3 is 3. The molecule has 1 amide bonds. The van der Waals surface area contributed by atoms with E-state index in [4.69, 9.17) is 14.2 Å². The highest BCUT2D eigenvalue weighted by Gasteiger charge is 2.29. The fourth-order valence-electron chi connectivity index (χ4n) is 2.83. The van der Waals surface area contributed by atoms with Gasteiger partial charge in [0.1, 0.15) is 5.56 Å². The van der Waals surface area contributed by atoms with Gasteiger partial charge in [0.2, 0.25) is 11.8 Å². The van der Waals surface area contributed by atoms with Gasteiger partial charge in [0.15, 0.2) is 0 Å². The van der Waals surface area contributed by atoms with E-state index in [9.17, 15) is 4.79 Å². The van der Waals surface area contributed by atoms with Crippen LogP contribution in [0.4, 0.5) is 0 Å². The molecule has 0 radical (unpaired) electrons. The molecular weight excluding hydrogens is 284 g/mol. The lowest BCUT2D eigenvalue weighted by Crippen LogP contribution is -2.44. The molecule has 1 saturated heterocycles. The van der Waals surface area contributed by atoms with E-state index in [0.717, 1.165) is 32.2 Å². The number of nitrogens with zero attached hydrogens (tertiary/aromatic N) is 2. The highest BCUT2D eigenvalue weighted by Crippen LogP contribution is 2.26. The van der Waals surface area contributed by atoms with Crippen LogP contribution in [0.1, 0.15) is 36.0 Å². The average Bonchev–Trinajstić information content (AvgIpc) is 2.58. The standard InChI is InChI=1S/C16H24N2O4/c1-20-11-9-12-6-4-5-10-18(12)16(19)13-7-8-14(21-2)17-15(13)22-3/h7-8,12H,4-6,9-11H2,1-3H3. The summed E-state index contributed by atoms with van der Waals surface area (Å²) in [6.45, 7) is 1.43. The number of hydrogen-bond donors (Lipinski definition) is 0. The Balaban J connectivity index is 2.21. The minimum atomic E-state index is -0.0344. The Labute approximate surface area is 131 Å². The molecule has 0 saturated carbocycles. The van der Waals surface area contributed by atoms with Crippen LogP contribution in [0.3, 0.4) is 0 Å². The third-order valence-electron chi connectivity index (χ3n) is 4.01. The van der Waals surface area contributed by atoms with Gasteiger partial charge in [-0.1, -0.05) is 0 Å². The minimum Gasteiger partial charge on any atom is -0.481 e. The first-order valence-electron chi connectivity index (χ1n) is 7.60. The maximum atomic E-state index is 12.9. The topological polar surface area (TPSA) is 60.9 Å². The van der Waals surface area contributed by atoms with Crippen molar-refractivity contribution in [2.24, 2.45) is 0 Å². The number of piperidine rings is 1. The maximum Gasteiger partial charge on any atom is 0.259 e. The van der Waals surface area contributed by atoms with Crippen molar-refractivity contribution >= 4 is 5.91 Å². The van der Waals surface area contributed by atoms with Gasteiger partial charge in [-0.15, -0.1) is 0 Å². The van der Waals surface area contributed by atoms with Crippen LogP contribution < -0.4 is 9.47 Å². The van der Waals surface area contributed by atoms with E-state index in [-0.39, 0.29) is 11.9 Å². The van der Waals surface area contributed by atoms with Crippen molar-refractivity contribution < 1.29 is 19.0 Å². The number of carbonyl (C=O) groups is 1. The molecule has 1 aliphatic rings. The molecule has 2 heterocycles. The van der Waals surface area contributed by atoms with Gasteiger partial charge in [0, 0.05) is 32.4 Å². The van der Waals surface area contributed by atoms with Crippen LogP contribution in [-0.4, -0.2) is 56.3 Å². The summed E-state index contributed by atoms with van der Waals surface area (Å²) in [5, 5.41) is 0. The van der Waals surface area contributed by atoms with Crippen molar-refractivity contribution in [2.75, 3.05) is 34.5 Å². The van der Waals surface area contributed by atoms with Gasteiger partial charge in [0.05, 0.1) is 14.2 Å². The summed E-state index contributed by atoms with van der Waals surface area (Å²) in [4.78, 5) is 19.0. The van der Waals surface area contributed by atoms with Gasteiger partial charge in [0.25, 0.3) is 5.91 Å². The Morgan fingerprint density at radius 2 is 2.09 bits per heavy atom. The van der Waals surface area contributed by atoms with Gasteiger partial charge in [-0.3, -0.25) is 4.79 Å². The molecular formula is C16H24N2O4. The van der Waals surface area contributed by atoms with Crippen molar-refractivity contribution in [1.29, 1.82) is 0 Å². The third-order valence-corrected chi connectivity index (χ3v) is 4.01. The number of hydrogen-bond acceptors (Lipinski definition) is 5. The zero-order valence-corrected chi connectivity index (χ0v) is 13.5. The fraction of sp³-hybridized carbons (Fsp3) is 0.625. The second-order valence-electron chi connectivity index (χ2n) is 5.34. The van der Waals surface area contributed by atoms with Crippen LogP contribution in [0.15, 0.2) is 12.1 Å². The smallest absolute Gasteiger partial charge is 0.259 e. The lowest BCUT2D eigenvalue weighted by molar-refractivity contribution is 0.0549. The molecule has 2 rings (SSSR count). The van der Waals surface area contributed by atoms with Crippen molar-refractivity contribution in [3.8, 4) is 11.8 Å². The number of pyridine rings is 1. The van der Waals surface area contributed by atoms with E-state index in [1.54, 1.807) is 19.2 Å². The molecule has 6 nitrogen and oxygen atoms in total. The van der Waals surface area contributed by atoms with E-state index >= 15 is 0 Å². The van der Waals surface area contributed by atoms with Crippen LogP contribution in [0, 0.1) is 0 Å². The van der Waals surface area contributed by atoms with Gasteiger partial charge in [-0.2, -0.15) is 4.98 Å². The molecule has 6 heteroatoms. The maximum absolute atomic E-state index is 12.9. The van der Waals surface area contributed by atoms with Crippen LogP contribution in [0.2, 0.25) is 0 Å². The SMILES string of the molecule is COCCC1CCCCN1C(=O)c1ccc(OC)nc1OC. The Bertz CT molecular complexity index is 507. The first-order chi connectivity index (χ1) is 10.7. The van der Waals surface area contributed by atoms with Gasteiger partial charge < -0.3 is 19.1 Å². The van der Waals surface area contributed by atoms with Crippen molar-refractivity contribution in [2.45, 2.75) is 31.7 Å². The van der Waals surface area contributed by atoms with E-state index in [2.05, 4.69) is 4.98 Å². The van der Waals surface area contributed by atoms with Crippen molar-refractivity contribution in [3.63, 3.8) is 0 Å².